The van der Waals surface area contributed by atoms with Gasteiger partial charge >= 0.3 is 6.18 Å². The topological polar surface area (TPSA) is 32.3 Å². The van der Waals surface area contributed by atoms with Crippen LogP contribution in [0.4, 0.5) is 13.2 Å². The van der Waals surface area contributed by atoms with Crippen LogP contribution in [0.2, 0.25) is 0 Å². The first-order chi connectivity index (χ1) is 8.47. The van der Waals surface area contributed by atoms with E-state index in [1.807, 2.05) is 0 Å². The van der Waals surface area contributed by atoms with E-state index in [9.17, 15) is 13.2 Å². The minimum absolute atomic E-state index is 0.182. The Morgan fingerprint density at radius 1 is 1.22 bits per heavy atom. The Morgan fingerprint density at radius 3 is 2.28 bits per heavy atom. The number of rotatable bonds is 6. The van der Waals surface area contributed by atoms with Gasteiger partial charge in [0.15, 0.2) is 0 Å². The Kier molecular flexibility index (Phi) is 6.43. The summed E-state index contributed by atoms with van der Waals surface area (Å²) in [5.74, 6) is -0.676. The molecule has 1 aliphatic carbocycles. The molecule has 0 amide bonds. The van der Waals surface area contributed by atoms with Crippen molar-refractivity contribution >= 4 is 0 Å². The van der Waals surface area contributed by atoms with Crippen LogP contribution in [-0.4, -0.2) is 30.5 Å². The minimum Gasteiger partial charge on any atom is -0.396 e. The van der Waals surface area contributed by atoms with E-state index in [4.69, 9.17) is 5.11 Å². The largest absolute Gasteiger partial charge is 0.396 e. The first-order valence-electron chi connectivity index (χ1n) is 6.88. The van der Waals surface area contributed by atoms with E-state index in [2.05, 4.69) is 12.2 Å². The number of aliphatic hydroxyl groups excluding tert-OH is 1. The lowest BCUT2D eigenvalue weighted by Gasteiger charge is -2.31. The molecule has 1 fully saturated rings. The molecule has 0 saturated heterocycles. The third-order valence-corrected chi connectivity index (χ3v) is 4.00. The van der Waals surface area contributed by atoms with Gasteiger partial charge in [-0.25, -0.2) is 0 Å². The number of halogens is 3. The zero-order chi connectivity index (χ0) is 13.6. The number of hydrogen-bond donors (Lipinski definition) is 2. The highest BCUT2D eigenvalue weighted by Gasteiger charge is 2.41. The van der Waals surface area contributed by atoms with Gasteiger partial charge in [0.1, 0.15) is 0 Å². The molecule has 0 bridgehead atoms. The average Bonchev–Trinajstić information content (AvgIpc) is 2.34. The summed E-state index contributed by atoms with van der Waals surface area (Å²) in [4.78, 5) is 0. The standard InChI is InChI=1S/C13H24F3NO/c1-2-10(7-8-18)9-17-12-5-3-11(4-6-12)13(14,15)16/h10-12,17-18H,2-9H2,1H3. The van der Waals surface area contributed by atoms with Gasteiger partial charge in [-0.15, -0.1) is 0 Å². The van der Waals surface area contributed by atoms with Gasteiger partial charge in [-0.05, 0) is 44.6 Å². The summed E-state index contributed by atoms with van der Waals surface area (Å²) in [5.41, 5.74) is 0. The Morgan fingerprint density at radius 2 is 1.83 bits per heavy atom. The van der Waals surface area contributed by atoms with Gasteiger partial charge in [0.25, 0.3) is 0 Å². The van der Waals surface area contributed by atoms with Gasteiger partial charge < -0.3 is 10.4 Å². The maximum absolute atomic E-state index is 12.5. The van der Waals surface area contributed by atoms with Crippen LogP contribution in [0.3, 0.4) is 0 Å². The molecule has 2 N–H and O–H groups in total. The second-order valence-electron chi connectivity index (χ2n) is 5.28. The Bertz CT molecular complexity index is 225. The molecule has 1 aliphatic rings. The summed E-state index contributed by atoms with van der Waals surface area (Å²) in [6.45, 7) is 3.06. The van der Waals surface area contributed by atoms with E-state index in [1.165, 1.54) is 0 Å². The molecule has 0 aliphatic heterocycles. The lowest BCUT2D eigenvalue weighted by atomic mass is 9.85. The molecule has 108 valence electrons. The van der Waals surface area contributed by atoms with Crippen molar-refractivity contribution in [2.75, 3.05) is 13.2 Å². The maximum Gasteiger partial charge on any atom is 0.391 e. The number of aliphatic hydroxyl groups is 1. The van der Waals surface area contributed by atoms with Crippen LogP contribution >= 0.6 is 0 Å². The molecule has 0 heterocycles. The fourth-order valence-corrected chi connectivity index (χ4v) is 2.59. The van der Waals surface area contributed by atoms with Gasteiger partial charge in [-0.2, -0.15) is 13.2 Å². The van der Waals surface area contributed by atoms with Gasteiger partial charge in [0.05, 0.1) is 5.92 Å². The van der Waals surface area contributed by atoms with Crippen molar-refractivity contribution in [2.45, 2.75) is 57.7 Å². The molecule has 1 unspecified atom stereocenters. The monoisotopic (exact) mass is 267 g/mol. The molecule has 0 radical (unpaired) electrons. The molecule has 0 aromatic carbocycles. The summed E-state index contributed by atoms with van der Waals surface area (Å²) in [6, 6.07) is 0.219. The molecule has 0 aromatic heterocycles. The van der Waals surface area contributed by atoms with E-state index in [1.54, 1.807) is 0 Å². The SMILES string of the molecule is CCC(CCO)CNC1CCC(C(F)(F)F)CC1. The van der Waals surface area contributed by atoms with Crippen LogP contribution < -0.4 is 5.32 Å². The summed E-state index contributed by atoms with van der Waals surface area (Å²) in [6.07, 6.45) is -0.546. The van der Waals surface area contributed by atoms with Crippen molar-refractivity contribution in [1.29, 1.82) is 0 Å². The lowest BCUT2D eigenvalue weighted by Crippen LogP contribution is -2.39. The van der Waals surface area contributed by atoms with Crippen molar-refractivity contribution in [3.8, 4) is 0 Å². The van der Waals surface area contributed by atoms with Crippen molar-refractivity contribution < 1.29 is 18.3 Å². The number of nitrogens with one attached hydrogen (secondary N) is 1. The predicted octanol–water partition coefficient (Wildman–Crippen LogP) is 3.11. The van der Waals surface area contributed by atoms with Gasteiger partial charge in [-0.3, -0.25) is 0 Å². The van der Waals surface area contributed by atoms with Crippen LogP contribution in [0.15, 0.2) is 0 Å². The highest BCUT2D eigenvalue weighted by Crippen LogP contribution is 2.37. The van der Waals surface area contributed by atoms with Crippen molar-refractivity contribution in [3.05, 3.63) is 0 Å². The van der Waals surface area contributed by atoms with E-state index in [-0.39, 0.29) is 25.5 Å². The van der Waals surface area contributed by atoms with Crippen molar-refractivity contribution in [1.82, 2.24) is 5.32 Å². The van der Waals surface area contributed by atoms with Crippen LogP contribution in [0.5, 0.6) is 0 Å². The fraction of sp³-hybridized carbons (Fsp3) is 1.00. The quantitative estimate of drug-likeness (QED) is 0.775. The highest BCUT2D eigenvalue weighted by atomic mass is 19.4. The summed E-state index contributed by atoms with van der Waals surface area (Å²) >= 11 is 0. The molecule has 0 spiro atoms. The fourth-order valence-electron chi connectivity index (χ4n) is 2.59. The first-order valence-corrected chi connectivity index (χ1v) is 6.88. The Hall–Kier alpha value is -0.290. The number of hydrogen-bond acceptors (Lipinski definition) is 2. The van der Waals surface area contributed by atoms with Gasteiger partial charge in [-0.1, -0.05) is 13.3 Å². The smallest absolute Gasteiger partial charge is 0.391 e. The van der Waals surface area contributed by atoms with Crippen molar-refractivity contribution in [2.24, 2.45) is 11.8 Å². The third-order valence-electron chi connectivity index (χ3n) is 4.00. The van der Waals surface area contributed by atoms with Crippen molar-refractivity contribution in [3.63, 3.8) is 0 Å². The van der Waals surface area contributed by atoms with E-state index < -0.39 is 12.1 Å². The van der Waals surface area contributed by atoms with Crippen LogP contribution in [-0.2, 0) is 0 Å². The zero-order valence-corrected chi connectivity index (χ0v) is 11.0. The Labute approximate surface area is 107 Å². The predicted molar refractivity (Wildman–Crippen MR) is 65.3 cm³/mol. The van der Waals surface area contributed by atoms with Crippen LogP contribution in [0, 0.1) is 11.8 Å². The maximum atomic E-state index is 12.5. The average molecular weight is 267 g/mol. The molecule has 5 heteroatoms. The molecule has 1 saturated carbocycles. The number of alkyl halides is 3. The molecule has 1 atom stereocenters. The van der Waals surface area contributed by atoms with Crippen LogP contribution in [0.1, 0.15) is 45.4 Å². The van der Waals surface area contributed by atoms with E-state index in [0.29, 0.717) is 18.8 Å². The lowest BCUT2D eigenvalue weighted by molar-refractivity contribution is -0.182. The van der Waals surface area contributed by atoms with Gasteiger partial charge in [0, 0.05) is 12.6 Å². The molecule has 18 heavy (non-hydrogen) atoms. The molecule has 2 nitrogen and oxygen atoms in total. The van der Waals surface area contributed by atoms with Gasteiger partial charge in [0.2, 0.25) is 0 Å². The Balaban J connectivity index is 2.23. The highest BCUT2D eigenvalue weighted by molar-refractivity contribution is 4.81. The molecule has 1 rings (SSSR count). The second-order valence-corrected chi connectivity index (χ2v) is 5.28. The van der Waals surface area contributed by atoms with E-state index in [0.717, 1.165) is 19.4 Å². The first kappa shape index (κ1) is 15.8. The summed E-state index contributed by atoms with van der Waals surface area (Å²) in [5, 5.41) is 12.2. The summed E-state index contributed by atoms with van der Waals surface area (Å²) < 4.78 is 37.5. The van der Waals surface area contributed by atoms with Crippen LogP contribution in [0.25, 0.3) is 0 Å². The minimum atomic E-state index is -4.02. The normalized spacial score (nSPS) is 27.2. The third kappa shape index (κ3) is 5.14. The zero-order valence-electron chi connectivity index (χ0n) is 11.0. The molecule has 0 aromatic rings. The summed E-state index contributed by atoms with van der Waals surface area (Å²) in [7, 11) is 0. The second kappa shape index (κ2) is 7.34. The molecular formula is C13H24F3NO. The molecular weight excluding hydrogens is 243 g/mol. The van der Waals surface area contributed by atoms with E-state index >= 15 is 0 Å².